The van der Waals surface area contributed by atoms with Crippen LogP contribution < -0.4 is 9.64 Å². The summed E-state index contributed by atoms with van der Waals surface area (Å²) in [5.41, 5.74) is 0.632. The zero-order valence-electron chi connectivity index (χ0n) is 18.5. The molecule has 1 N–H and O–H groups in total. The number of amides is 1. The van der Waals surface area contributed by atoms with Crippen molar-refractivity contribution in [1.29, 1.82) is 0 Å². The number of nitrogens with zero attached hydrogens (tertiary/aromatic N) is 3. The number of thiazole rings is 1. The van der Waals surface area contributed by atoms with Crippen molar-refractivity contribution in [2.24, 2.45) is 0 Å². The Bertz CT molecular complexity index is 1560. The van der Waals surface area contributed by atoms with Crippen LogP contribution in [0.2, 0.25) is 0 Å². The number of ether oxygens (including phenoxy) is 1. The van der Waals surface area contributed by atoms with E-state index in [9.17, 15) is 29.2 Å². The van der Waals surface area contributed by atoms with Gasteiger partial charge in [0.1, 0.15) is 17.3 Å². The van der Waals surface area contributed by atoms with Crippen LogP contribution in [0.3, 0.4) is 0 Å². The maximum absolute atomic E-state index is 13.5. The van der Waals surface area contributed by atoms with Gasteiger partial charge in [-0.3, -0.25) is 24.6 Å². The van der Waals surface area contributed by atoms with E-state index in [-0.39, 0.29) is 22.0 Å². The summed E-state index contributed by atoms with van der Waals surface area (Å²) in [5, 5.41) is 22.4. The SMILES string of the molecule is COc1ccc2nc(N3C(=O)C(=O)C(=C(O)c4ccc(F)cc4)C3c3ccc([N+](=O)[O-])cc3)sc2c1. The Hall–Kier alpha value is -4.64. The number of hydrogen-bond acceptors (Lipinski definition) is 8. The number of aromatic nitrogens is 1. The number of rotatable bonds is 5. The molecule has 5 rings (SSSR count). The van der Waals surface area contributed by atoms with Crippen LogP contribution in [0.1, 0.15) is 17.2 Å². The molecule has 0 aliphatic carbocycles. The van der Waals surface area contributed by atoms with Crippen LogP contribution in [0.5, 0.6) is 5.75 Å². The number of hydrogen-bond donors (Lipinski definition) is 1. The molecule has 1 amide bonds. The fourth-order valence-corrected chi connectivity index (χ4v) is 5.03. The zero-order valence-corrected chi connectivity index (χ0v) is 19.4. The molecule has 1 unspecified atom stereocenters. The van der Waals surface area contributed by atoms with E-state index >= 15 is 0 Å². The number of carbonyl (C=O) groups excluding carboxylic acids is 2. The van der Waals surface area contributed by atoms with Crippen molar-refractivity contribution in [1.82, 2.24) is 4.98 Å². The minimum absolute atomic E-state index is 0.135. The molecule has 2 heterocycles. The molecule has 1 aliphatic rings. The summed E-state index contributed by atoms with van der Waals surface area (Å²) < 4.78 is 19.4. The monoisotopic (exact) mass is 505 g/mol. The number of anilines is 1. The number of fused-ring (bicyclic) bond motifs is 1. The summed E-state index contributed by atoms with van der Waals surface area (Å²) in [5.74, 6) is -2.33. The summed E-state index contributed by atoms with van der Waals surface area (Å²) in [6, 6.07) is 14.2. The predicted molar refractivity (Wildman–Crippen MR) is 130 cm³/mol. The molecule has 36 heavy (non-hydrogen) atoms. The minimum Gasteiger partial charge on any atom is -0.507 e. The summed E-state index contributed by atoms with van der Waals surface area (Å²) in [6.45, 7) is 0. The molecule has 0 saturated carbocycles. The van der Waals surface area contributed by atoms with Crippen molar-refractivity contribution in [3.05, 3.63) is 99.4 Å². The molecule has 4 aromatic rings. The van der Waals surface area contributed by atoms with Gasteiger partial charge in [0.05, 0.1) is 33.9 Å². The fourth-order valence-electron chi connectivity index (χ4n) is 4.01. The van der Waals surface area contributed by atoms with E-state index in [1.807, 2.05) is 0 Å². The Kier molecular flexibility index (Phi) is 5.69. The molecule has 1 saturated heterocycles. The van der Waals surface area contributed by atoms with E-state index in [0.29, 0.717) is 21.5 Å². The molecule has 3 aromatic carbocycles. The number of benzene rings is 3. The molecule has 1 atom stereocenters. The van der Waals surface area contributed by atoms with Gasteiger partial charge < -0.3 is 9.84 Å². The molecule has 0 bridgehead atoms. The van der Waals surface area contributed by atoms with Crippen LogP contribution in [0, 0.1) is 15.9 Å². The number of aliphatic hydroxyl groups excluding tert-OH is 1. The Morgan fingerprint density at radius 3 is 2.44 bits per heavy atom. The molecule has 0 spiro atoms. The number of nitro benzene ring substituents is 1. The molecule has 1 aromatic heterocycles. The second-order valence-corrected chi connectivity index (χ2v) is 8.86. The lowest BCUT2D eigenvalue weighted by molar-refractivity contribution is -0.384. The van der Waals surface area contributed by atoms with E-state index in [4.69, 9.17) is 4.74 Å². The first-order chi connectivity index (χ1) is 17.3. The van der Waals surface area contributed by atoms with E-state index in [1.165, 1.54) is 43.5 Å². The Labute approximate surface area is 206 Å². The minimum atomic E-state index is -1.13. The van der Waals surface area contributed by atoms with Gasteiger partial charge in [-0.25, -0.2) is 9.37 Å². The average molecular weight is 505 g/mol. The maximum atomic E-state index is 13.5. The Morgan fingerprint density at radius 1 is 1.11 bits per heavy atom. The lowest BCUT2D eigenvalue weighted by Gasteiger charge is -2.22. The fraction of sp³-hybridized carbons (Fsp3) is 0.0800. The van der Waals surface area contributed by atoms with Crippen molar-refractivity contribution in [3.63, 3.8) is 0 Å². The Balaban J connectivity index is 1.71. The number of Topliss-reactive ketones (excluding diaryl/α,β-unsaturated/α-hetero) is 1. The first kappa shape index (κ1) is 23.1. The third kappa shape index (κ3) is 3.85. The van der Waals surface area contributed by atoms with Crippen molar-refractivity contribution < 1.29 is 28.7 Å². The van der Waals surface area contributed by atoms with Gasteiger partial charge in [-0.1, -0.05) is 11.3 Å². The zero-order chi connectivity index (χ0) is 25.6. The summed E-state index contributed by atoms with van der Waals surface area (Å²) in [4.78, 5) is 42.7. The van der Waals surface area contributed by atoms with Crippen LogP contribution in [-0.2, 0) is 9.59 Å². The van der Waals surface area contributed by atoms with Gasteiger partial charge in [-0.2, -0.15) is 0 Å². The molecule has 11 heteroatoms. The lowest BCUT2D eigenvalue weighted by atomic mass is 9.95. The van der Waals surface area contributed by atoms with Gasteiger partial charge in [0.2, 0.25) is 0 Å². The first-order valence-corrected chi connectivity index (χ1v) is 11.4. The van der Waals surface area contributed by atoms with Crippen LogP contribution in [0.25, 0.3) is 16.0 Å². The van der Waals surface area contributed by atoms with Gasteiger partial charge in [-0.15, -0.1) is 0 Å². The van der Waals surface area contributed by atoms with Crippen molar-refractivity contribution in [2.45, 2.75) is 6.04 Å². The number of nitro groups is 1. The number of halogens is 1. The number of ketones is 1. The van der Waals surface area contributed by atoms with Crippen LogP contribution in [0.15, 0.2) is 72.3 Å². The predicted octanol–water partition coefficient (Wildman–Crippen LogP) is 4.98. The number of non-ortho nitro benzene ring substituents is 1. The second kappa shape index (κ2) is 8.86. The molecule has 180 valence electrons. The van der Waals surface area contributed by atoms with E-state index < -0.39 is 34.2 Å². The van der Waals surface area contributed by atoms with Crippen molar-refractivity contribution in [3.8, 4) is 5.75 Å². The highest BCUT2D eigenvalue weighted by atomic mass is 32.1. The molecule has 9 nitrogen and oxygen atoms in total. The highest BCUT2D eigenvalue weighted by Gasteiger charge is 2.48. The quantitative estimate of drug-likeness (QED) is 0.133. The lowest BCUT2D eigenvalue weighted by Crippen LogP contribution is -2.29. The van der Waals surface area contributed by atoms with E-state index in [2.05, 4.69) is 4.98 Å². The highest BCUT2D eigenvalue weighted by molar-refractivity contribution is 7.22. The first-order valence-electron chi connectivity index (χ1n) is 10.5. The van der Waals surface area contributed by atoms with Gasteiger partial charge in [0.25, 0.3) is 11.5 Å². The topological polar surface area (TPSA) is 123 Å². The van der Waals surface area contributed by atoms with E-state index in [0.717, 1.165) is 28.4 Å². The number of carbonyl (C=O) groups is 2. The summed E-state index contributed by atoms with van der Waals surface area (Å²) in [6.07, 6.45) is 0. The summed E-state index contributed by atoms with van der Waals surface area (Å²) in [7, 11) is 1.52. The average Bonchev–Trinajstić information content (AvgIpc) is 3.41. The third-order valence-electron chi connectivity index (χ3n) is 5.77. The molecular formula is C25H16FN3O6S. The smallest absolute Gasteiger partial charge is 0.301 e. The van der Waals surface area contributed by atoms with Crippen molar-refractivity contribution >= 4 is 49.8 Å². The third-order valence-corrected chi connectivity index (χ3v) is 6.79. The Morgan fingerprint density at radius 2 is 1.81 bits per heavy atom. The van der Waals surface area contributed by atoms with Gasteiger partial charge in [-0.05, 0) is 60.2 Å². The van der Waals surface area contributed by atoms with Crippen LogP contribution >= 0.6 is 11.3 Å². The van der Waals surface area contributed by atoms with Crippen molar-refractivity contribution in [2.75, 3.05) is 12.0 Å². The number of aliphatic hydroxyl groups is 1. The molecule has 1 aliphatic heterocycles. The standard InChI is InChI=1S/C25H16FN3O6S/c1-35-17-10-11-18-19(12-17)36-25(27-18)28-21(13-4-8-16(9-5-13)29(33)34)20(23(31)24(28)32)22(30)14-2-6-15(26)7-3-14/h2-12,21,30H,1H3. The van der Waals surface area contributed by atoms with Gasteiger partial charge in [0.15, 0.2) is 5.13 Å². The van der Waals surface area contributed by atoms with Crippen LogP contribution in [-0.4, -0.2) is 33.8 Å². The van der Waals surface area contributed by atoms with Gasteiger partial charge in [0, 0.05) is 17.7 Å². The highest BCUT2D eigenvalue weighted by Crippen LogP contribution is 2.44. The molecule has 0 radical (unpaired) electrons. The number of methoxy groups -OCH3 is 1. The summed E-state index contributed by atoms with van der Waals surface area (Å²) >= 11 is 1.15. The van der Waals surface area contributed by atoms with Crippen LogP contribution in [0.4, 0.5) is 15.2 Å². The second-order valence-electron chi connectivity index (χ2n) is 7.85. The molecule has 1 fully saturated rings. The van der Waals surface area contributed by atoms with E-state index in [1.54, 1.807) is 18.2 Å². The maximum Gasteiger partial charge on any atom is 0.301 e. The molecular weight excluding hydrogens is 489 g/mol. The van der Waals surface area contributed by atoms with Gasteiger partial charge >= 0.3 is 5.91 Å². The normalized spacial score (nSPS) is 17.1. The largest absolute Gasteiger partial charge is 0.507 e.